The number of benzene rings is 1. The van der Waals surface area contributed by atoms with E-state index in [1.807, 2.05) is 34.6 Å². The monoisotopic (exact) mass is 346 g/mol. The average molecular weight is 346 g/mol. The molecule has 0 saturated heterocycles. The molecule has 0 saturated carbocycles. The number of nitrogens with zero attached hydrogens (tertiary/aromatic N) is 1. The summed E-state index contributed by atoms with van der Waals surface area (Å²) in [5, 5.41) is 2.56. The fourth-order valence-corrected chi connectivity index (χ4v) is 3.62. The molecule has 0 heterocycles. The minimum absolute atomic E-state index is 0.114. The van der Waals surface area contributed by atoms with Gasteiger partial charge in [-0.2, -0.15) is 0 Å². The van der Waals surface area contributed by atoms with Gasteiger partial charge in [-0.15, -0.1) is 0 Å². The Bertz CT molecular complexity index is 600. The van der Waals surface area contributed by atoms with Crippen molar-refractivity contribution in [1.29, 1.82) is 0 Å². The molecule has 0 aliphatic rings. The molecule has 0 aliphatic heterocycles. The van der Waals surface area contributed by atoms with Crippen LogP contribution in [0.25, 0.3) is 0 Å². The lowest BCUT2D eigenvalue weighted by Gasteiger charge is -2.33. The Morgan fingerprint density at radius 2 is 1.78 bits per heavy atom. The van der Waals surface area contributed by atoms with Crippen LogP contribution in [0.5, 0.6) is 0 Å². The SMILES string of the molecule is CC(C)[C@@H](C(=O)Nc1ccc(F)c(F)c1)N(C)[S@@](=O)C(C)(C)C. The molecule has 1 amide bonds. The predicted octanol–water partition coefficient (Wildman–Crippen LogP) is 3.32. The molecule has 0 spiro atoms. The van der Waals surface area contributed by atoms with Gasteiger partial charge in [-0.05, 0) is 38.8 Å². The number of anilines is 1. The highest BCUT2D eigenvalue weighted by Crippen LogP contribution is 2.22. The van der Waals surface area contributed by atoms with Gasteiger partial charge in [-0.1, -0.05) is 13.8 Å². The lowest BCUT2D eigenvalue weighted by Crippen LogP contribution is -2.49. The summed E-state index contributed by atoms with van der Waals surface area (Å²) in [5.74, 6) is -2.53. The molecule has 1 aromatic rings. The van der Waals surface area contributed by atoms with Gasteiger partial charge in [-0.3, -0.25) is 4.79 Å². The molecule has 0 aliphatic carbocycles. The van der Waals surface area contributed by atoms with Crippen molar-refractivity contribution < 1.29 is 17.8 Å². The minimum Gasteiger partial charge on any atom is -0.325 e. The molecule has 1 aromatic carbocycles. The topological polar surface area (TPSA) is 49.4 Å². The maximum atomic E-state index is 13.2. The standard InChI is InChI=1S/C16H24F2N2O2S/c1-10(2)14(20(6)23(22)16(3,4)5)15(21)19-11-7-8-12(17)13(18)9-11/h7-10,14H,1-6H3,(H,19,21)/t14-,23-/m0/s1. The molecular weight excluding hydrogens is 322 g/mol. The maximum Gasteiger partial charge on any atom is 0.242 e. The number of carbonyl (C=O) groups excluding carboxylic acids is 1. The molecule has 7 heteroatoms. The van der Waals surface area contributed by atoms with E-state index in [2.05, 4.69) is 5.32 Å². The molecule has 0 fully saturated rings. The van der Waals surface area contributed by atoms with Crippen molar-refractivity contribution >= 4 is 22.6 Å². The third-order valence-corrected chi connectivity index (χ3v) is 5.06. The van der Waals surface area contributed by atoms with Gasteiger partial charge in [0.2, 0.25) is 5.91 Å². The number of hydrogen-bond acceptors (Lipinski definition) is 2. The summed E-state index contributed by atoms with van der Waals surface area (Å²) in [6, 6.07) is 2.50. The number of amides is 1. The summed E-state index contributed by atoms with van der Waals surface area (Å²) in [6.45, 7) is 9.15. The van der Waals surface area contributed by atoms with E-state index in [0.717, 1.165) is 12.1 Å². The number of carbonyl (C=O) groups is 1. The Morgan fingerprint density at radius 3 is 2.22 bits per heavy atom. The van der Waals surface area contributed by atoms with Gasteiger partial charge in [0.1, 0.15) is 17.0 Å². The van der Waals surface area contributed by atoms with Crippen LogP contribution in [0.4, 0.5) is 14.5 Å². The van der Waals surface area contributed by atoms with Crippen molar-refractivity contribution in [1.82, 2.24) is 4.31 Å². The molecule has 4 nitrogen and oxygen atoms in total. The number of likely N-dealkylation sites (N-methyl/N-ethyl adjacent to an activating group) is 1. The van der Waals surface area contributed by atoms with Crippen LogP contribution in [-0.4, -0.2) is 32.3 Å². The third kappa shape index (κ3) is 5.07. The quantitative estimate of drug-likeness (QED) is 0.889. The molecule has 2 atom stereocenters. The normalized spacial score (nSPS) is 14.9. The second-order valence-corrected chi connectivity index (χ2v) is 9.01. The molecule has 1 rings (SSSR count). The smallest absolute Gasteiger partial charge is 0.242 e. The molecule has 130 valence electrons. The maximum absolute atomic E-state index is 13.2. The Labute approximate surface area is 138 Å². The van der Waals surface area contributed by atoms with E-state index in [9.17, 15) is 17.8 Å². The fraction of sp³-hybridized carbons (Fsp3) is 0.562. The average Bonchev–Trinajstić information content (AvgIpc) is 2.40. The molecule has 0 bridgehead atoms. The van der Waals surface area contributed by atoms with E-state index >= 15 is 0 Å². The summed E-state index contributed by atoms with van der Waals surface area (Å²) in [6.07, 6.45) is 0. The van der Waals surface area contributed by atoms with E-state index in [4.69, 9.17) is 0 Å². The van der Waals surface area contributed by atoms with Gasteiger partial charge in [0.15, 0.2) is 11.6 Å². The van der Waals surface area contributed by atoms with Crippen LogP contribution in [0, 0.1) is 17.6 Å². The minimum atomic E-state index is -1.38. The molecule has 0 unspecified atom stereocenters. The first-order chi connectivity index (χ1) is 10.4. The Morgan fingerprint density at radius 1 is 1.22 bits per heavy atom. The third-order valence-electron chi connectivity index (χ3n) is 3.26. The van der Waals surface area contributed by atoms with Gasteiger partial charge in [-0.25, -0.2) is 17.3 Å². The van der Waals surface area contributed by atoms with E-state index in [-0.39, 0.29) is 11.6 Å². The van der Waals surface area contributed by atoms with Crippen LogP contribution >= 0.6 is 0 Å². The van der Waals surface area contributed by atoms with Crippen LogP contribution in [-0.2, 0) is 15.8 Å². The van der Waals surface area contributed by atoms with E-state index < -0.39 is 39.3 Å². The summed E-state index contributed by atoms with van der Waals surface area (Å²) in [5.41, 5.74) is 0.162. The summed E-state index contributed by atoms with van der Waals surface area (Å²) >= 11 is 0. The predicted molar refractivity (Wildman–Crippen MR) is 89.3 cm³/mol. The fourth-order valence-electron chi connectivity index (χ4n) is 2.21. The zero-order valence-corrected chi connectivity index (χ0v) is 15.1. The highest BCUT2D eigenvalue weighted by atomic mass is 32.2. The van der Waals surface area contributed by atoms with E-state index in [0.29, 0.717) is 0 Å². The number of halogens is 2. The molecule has 23 heavy (non-hydrogen) atoms. The lowest BCUT2D eigenvalue weighted by atomic mass is 10.0. The van der Waals surface area contributed by atoms with Gasteiger partial charge in [0.05, 0.1) is 4.75 Å². The van der Waals surface area contributed by atoms with E-state index in [1.54, 1.807) is 7.05 Å². The highest BCUT2D eigenvalue weighted by Gasteiger charge is 2.34. The number of hydrogen-bond donors (Lipinski definition) is 1. The second kappa shape index (κ2) is 7.49. The van der Waals surface area contributed by atoms with Gasteiger partial charge >= 0.3 is 0 Å². The molecule has 1 N–H and O–H groups in total. The first kappa shape index (κ1) is 19.7. The van der Waals surface area contributed by atoms with Crippen molar-refractivity contribution in [2.75, 3.05) is 12.4 Å². The van der Waals surface area contributed by atoms with Crippen molar-refractivity contribution in [2.45, 2.75) is 45.4 Å². The van der Waals surface area contributed by atoms with Crippen LogP contribution < -0.4 is 5.32 Å². The van der Waals surface area contributed by atoms with Gasteiger partial charge in [0.25, 0.3) is 0 Å². The lowest BCUT2D eigenvalue weighted by molar-refractivity contribution is -0.120. The Kier molecular flexibility index (Phi) is 6.41. The molecule has 0 radical (unpaired) electrons. The van der Waals surface area contributed by atoms with Crippen LogP contribution in [0.3, 0.4) is 0 Å². The zero-order chi connectivity index (χ0) is 17.9. The largest absolute Gasteiger partial charge is 0.325 e. The van der Waals surface area contributed by atoms with Crippen molar-refractivity contribution in [3.05, 3.63) is 29.8 Å². The molecular formula is C16H24F2N2O2S. The van der Waals surface area contributed by atoms with E-state index in [1.165, 1.54) is 10.4 Å². The second-order valence-electron chi connectivity index (χ2n) is 6.71. The van der Waals surface area contributed by atoms with Crippen LogP contribution in [0.2, 0.25) is 0 Å². The first-order valence-electron chi connectivity index (χ1n) is 7.36. The first-order valence-corrected chi connectivity index (χ1v) is 8.46. The van der Waals surface area contributed by atoms with Crippen molar-refractivity contribution in [2.24, 2.45) is 5.92 Å². The summed E-state index contributed by atoms with van der Waals surface area (Å²) in [4.78, 5) is 12.5. The molecule has 0 aromatic heterocycles. The summed E-state index contributed by atoms with van der Waals surface area (Å²) < 4.78 is 39.7. The zero-order valence-electron chi connectivity index (χ0n) is 14.3. The number of rotatable bonds is 5. The van der Waals surface area contributed by atoms with Crippen molar-refractivity contribution in [3.63, 3.8) is 0 Å². The summed E-state index contributed by atoms with van der Waals surface area (Å²) in [7, 11) is 0.241. The van der Waals surface area contributed by atoms with Crippen LogP contribution in [0.15, 0.2) is 18.2 Å². The number of nitrogens with one attached hydrogen (secondary N) is 1. The Hall–Kier alpha value is -1.34. The van der Waals surface area contributed by atoms with Gasteiger partial charge in [0, 0.05) is 18.8 Å². The van der Waals surface area contributed by atoms with Crippen LogP contribution in [0.1, 0.15) is 34.6 Å². The van der Waals surface area contributed by atoms with Crippen molar-refractivity contribution in [3.8, 4) is 0 Å². The highest BCUT2D eigenvalue weighted by molar-refractivity contribution is 7.84. The van der Waals surface area contributed by atoms with Gasteiger partial charge < -0.3 is 5.32 Å². The Balaban J connectivity index is 2.99.